The van der Waals surface area contributed by atoms with Gasteiger partial charge in [-0.3, -0.25) is 0 Å². The van der Waals surface area contributed by atoms with E-state index in [1.54, 1.807) is 6.07 Å². The molecule has 1 rings (SSSR count). The molecule has 1 N–H and O–H groups in total. The molecule has 7 heteroatoms. The van der Waals surface area contributed by atoms with Crippen molar-refractivity contribution < 1.29 is 19.4 Å². The number of ether oxygens (including phenoxy) is 2. The number of benzene rings is 1. The molecule has 126 valence electrons. The maximum Gasteiger partial charge on any atom is 0.333 e. The zero-order valence-electron chi connectivity index (χ0n) is 13.5. The van der Waals surface area contributed by atoms with Crippen molar-refractivity contribution in [1.82, 2.24) is 0 Å². The minimum absolute atomic E-state index is 0.114. The fourth-order valence-electron chi connectivity index (χ4n) is 1.69. The zero-order valence-corrected chi connectivity index (χ0v) is 13.5. The predicted molar refractivity (Wildman–Crippen MR) is 86.8 cm³/mol. The van der Waals surface area contributed by atoms with Gasteiger partial charge in [-0.2, -0.15) is 15.8 Å². The fraction of sp³-hybridized carbons (Fsp3) is 0.222. The molecule has 0 fully saturated rings. The van der Waals surface area contributed by atoms with E-state index in [0.29, 0.717) is 5.56 Å². The van der Waals surface area contributed by atoms with Gasteiger partial charge in [0.2, 0.25) is 0 Å². The minimum atomic E-state index is -1.11. The van der Waals surface area contributed by atoms with Gasteiger partial charge >= 0.3 is 5.97 Å². The topological polar surface area (TPSA) is 127 Å². The van der Waals surface area contributed by atoms with E-state index in [-0.39, 0.29) is 35.7 Å². The van der Waals surface area contributed by atoms with Gasteiger partial charge in [-0.1, -0.05) is 6.58 Å². The van der Waals surface area contributed by atoms with Crippen LogP contribution >= 0.6 is 0 Å². The highest BCUT2D eigenvalue weighted by Gasteiger charge is 2.13. The molecule has 0 aliphatic heterocycles. The summed E-state index contributed by atoms with van der Waals surface area (Å²) in [6, 6.07) is 9.90. The third-order valence-electron chi connectivity index (χ3n) is 2.92. The van der Waals surface area contributed by atoms with E-state index in [2.05, 4.69) is 6.58 Å². The summed E-state index contributed by atoms with van der Waals surface area (Å²) in [4.78, 5) is 11.7. The van der Waals surface area contributed by atoms with Crippen molar-refractivity contribution >= 4 is 5.97 Å². The highest BCUT2D eigenvalue weighted by atomic mass is 16.5. The summed E-state index contributed by atoms with van der Waals surface area (Å²) < 4.78 is 10.2. The van der Waals surface area contributed by atoms with Crippen LogP contribution in [0.2, 0.25) is 0 Å². The van der Waals surface area contributed by atoms with Gasteiger partial charge in [-0.25, -0.2) is 4.79 Å². The Kier molecular flexibility index (Phi) is 7.40. The van der Waals surface area contributed by atoms with Crippen LogP contribution < -0.4 is 4.74 Å². The Bertz CT molecular complexity index is 822. The van der Waals surface area contributed by atoms with Gasteiger partial charge in [0.25, 0.3) is 0 Å². The standard InChI is InChI=1S/C18H15N3O4/c1-12(7-19)5-13(2)18(23)25-11-16(22)10-24-17-4-3-14(8-20)6-15(17)9-21/h3-6,16,22H,1,10-11H2,2H3/b13-5+. The number of rotatable bonds is 7. The average molecular weight is 337 g/mol. The maximum absolute atomic E-state index is 11.7. The van der Waals surface area contributed by atoms with Gasteiger partial charge in [0.05, 0.1) is 23.3 Å². The van der Waals surface area contributed by atoms with E-state index in [9.17, 15) is 9.90 Å². The van der Waals surface area contributed by atoms with Gasteiger partial charge in [-0.15, -0.1) is 0 Å². The van der Waals surface area contributed by atoms with Crippen LogP contribution in [-0.4, -0.2) is 30.4 Å². The van der Waals surface area contributed by atoms with Crippen LogP contribution in [-0.2, 0) is 9.53 Å². The quantitative estimate of drug-likeness (QED) is 0.347. The summed E-state index contributed by atoms with van der Waals surface area (Å²) in [6.45, 7) is 4.36. The first-order chi connectivity index (χ1) is 11.9. The Labute approximate surface area is 145 Å². The lowest BCUT2D eigenvalue weighted by atomic mass is 10.1. The van der Waals surface area contributed by atoms with E-state index in [1.165, 1.54) is 31.2 Å². The number of carbonyl (C=O) groups excluding carboxylic acids is 1. The van der Waals surface area contributed by atoms with Crippen LogP contribution in [0.4, 0.5) is 0 Å². The Morgan fingerprint density at radius 3 is 2.64 bits per heavy atom. The summed E-state index contributed by atoms with van der Waals surface area (Å²) in [6.07, 6.45) is 0.166. The third kappa shape index (κ3) is 6.19. The molecular weight excluding hydrogens is 322 g/mol. The first-order valence-corrected chi connectivity index (χ1v) is 7.10. The van der Waals surface area contributed by atoms with Crippen molar-refractivity contribution in [2.45, 2.75) is 13.0 Å². The fourth-order valence-corrected chi connectivity index (χ4v) is 1.69. The molecule has 0 spiro atoms. The second kappa shape index (κ2) is 9.52. The highest BCUT2D eigenvalue weighted by molar-refractivity contribution is 5.88. The average Bonchev–Trinajstić information content (AvgIpc) is 2.63. The number of aliphatic hydroxyl groups is 1. The molecule has 25 heavy (non-hydrogen) atoms. The van der Waals surface area contributed by atoms with E-state index >= 15 is 0 Å². The van der Waals surface area contributed by atoms with Crippen molar-refractivity contribution in [2.24, 2.45) is 0 Å². The SMILES string of the molecule is C=C(C#N)/C=C(\C)C(=O)OCC(O)COc1ccc(C#N)cc1C#N. The summed E-state index contributed by atoms with van der Waals surface area (Å²) in [7, 11) is 0. The van der Waals surface area contributed by atoms with Crippen LogP contribution in [0.25, 0.3) is 0 Å². The first kappa shape index (κ1) is 19.4. The van der Waals surface area contributed by atoms with Crippen molar-refractivity contribution in [3.8, 4) is 24.0 Å². The Morgan fingerprint density at radius 1 is 1.32 bits per heavy atom. The van der Waals surface area contributed by atoms with E-state index < -0.39 is 12.1 Å². The molecule has 0 aliphatic rings. The largest absolute Gasteiger partial charge is 0.489 e. The number of nitrogens with zero attached hydrogens (tertiary/aromatic N) is 3. The molecule has 1 aromatic carbocycles. The van der Waals surface area contributed by atoms with Crippen molar-refractivity contribution in [2.75, 3.05) is 13.2 Å². The summed E-state index contributed by atoms with van der Waals surface area (Å²) in [5, 5.41) is 36.2. The molecular formula is C18H15N3O4. The zero-order chi connectivity index (χ0) is 18.8. The molecule has 0 amide bonds. The molecule has 0 aliphatic carbocycles. The Morgan fingerprint density at radius 2 is 2.04 bits per heavy atom. The minimum Gasteiger partial charge on any atom is -0.489 e. The molecule has 1 unspecified atom stereocenters. The van der Waals surface area contributed by atoms with E-state index in [0.717, 1.165) is 0 Å². The smallest absolute Gasteiger partial charge is 0.333 e. The summed E-state index contributed by atoms with van der Waals surface area (Å²) >= 11 is 0. The van der Waals surface area contributed by atoms with Gasteiger partial charge in [-0.05, 0) is 31.2 Å². The van der Waals surface area contributed by atoms with Crippen LogP contribution in [0.3, 0.4) is 0 Å². The van der Waals surface area contributed by atoms with Crippen LogP contribution in [0.1, 0.15) is 18.1 Å². The van der Waals surface area contributed by atoms with Gasteiger partial charge < -0.3 is 14.6 Å². The summed E-state index contributed by atoms with van der Waals surface area (Å²) in [5.41, 5.74) is 0.776. The number of aliphatic hydroxyl groups excluding tert-OH is 1. The Balaban J connectivity index is 2.55. The van der Waals surface area contributed by atoms with Gasteiger partial charge in [0.1, 0.15) is 31.1 Å². The lowest BCUT2D eigenvalue weighted by molar-refractivity contribution is -0.142. The molecule has 1 aromatic rings. The number of allylic oxidation sites excluding steroid dienone is 2. The molecule has 0 saturated heterocycles. The molecule has 0 aromatic heterocycles. The van der Waals surface area contributed by atoms with Crippen LogP contribution in [0.15, 0.2) is 42.0 Å². The maximum atomic E-state index is 11.7. The van der Waals surface area contributed by atoms with E-state index in [4.69, 9.17) is 25.3 Å². The number of hydrogen-bond acceptors (Lipinski definition) is 7. The van der Waals surface area contributed by atoms with Crippen molar-refractivity contribution in [1.29, 1.82) is 15.8 Å². The third-order valence-corrected chi connectivity index (χ3v) is 2.92. The second-order valence-electron chi connectivity index (χ2n) is 4.96. The number of esters is 1. The van der Waals surface area contributed by atoms with Crippen LogP contribution in [0.5, 0.6) is 5.75 Å². The van der Waals surface area contributed by atoms with Gasteiger partial charge in [0.15, 0.2) is 0 Å². The highest BCUT2D eigenvalue weighted by Crippen LogP contribution is 2.19. The van der Waals surface area contributed by atoms with E-state index in [1.807, 2.05) is 12.1 Å². The number of carbonyl (C=O) groups is 1. The Hall–Kier alpha value is -3.60. The predicted octanol–water partition coefficient (Wildman–Crippen LogP) is 1.74. The molecule has 1 atom stereocenters. The lowest BCUT2D eigenvalue weighted by Gasteiger charge is -2.13. The van der Waals surface area contributed by atoms with Crippen LogP contribution in [0, 0.1) is 34.0 Å². The van der Waals surface area contributed by atoms with Gasteiger partial charge in [0, 0.05) is 11.1 Å². The normalized spacial score (nSPS) is 11.4. The lowest BCUT2D eigenvalue weighted by Crippen LogP contribution is -2.25. The van der Waals surface area contributed by atoms with Crippen molar-refractivity contribution in [3.63, 3.8) is 0 Å². The molecule has 0 bridgehead atoms. The molecule has 0 heterocycles. The molecule has 7 nitrogen and oxygen atoms in total. The summed E-state index contributed by atoms with van der Waals surface area (Å²) in [5.74, 6) is -0.472. The second-order valence-corrected chi connectivity index (χ2v) is 4.96. The number of hydrogen-bond donors (Lipinski definition) is 1. The molecule has 0 saturated carbocycles. The molecule has 0 radical (unpaired) electrons. The first-order valence-electron chi connectivity index (χ1n) is 7.10. The van der Waals surface area contributed by atoms with Crippen molar-refractivity contribution in [3.05, 3.63) is 53.1 Å². The number of nitriles is 3. The monoisotopic (exact) mass is 337 g/mol.